The summed E-state index contributed by atoms with van der Waals surface area (Å²) in [7, 11) is -3.51. The molecule has 0 amide bonds. The first-order valence-electron chi connectivity index (χ1n) is 27.1. The Bertz CT molecular complexity index is 2740. The van der Waals surface area contributed by atoms with Gasteiger partial charge >= 0.3 is 8.56 Å². The molecule has 0 unspecified atom stereocenters. The molecule has 9 rings (SSSR count). The van der Waals surface area contributed by atoms with Crippen molar-refractivity contribution < 1.29 is 51.5 Å². The Labute approximate surface area is 466 Å². The summed E-state index contributed by atoms with van der Waals surface area (Å²) in [6.07, 6.45) is -4.63. The lowest BCUT2D eigenvalue weighted by Crippen LogP contribution is -2.64. The highest BCUT2D eigenvalue weighted by molar-refractivity contribution is 7.99. The molecule has 0 bridgehead atoms. The minimum absolute atomic E-state index is 0.0204. The molecular formula is C65H74O11SSi. The van der Waals surface area contributed by atoms with Crippen molar-refractivity contribution in [1.82, 2.24) is 0 Å². The molecule has 2 aliphatic heterocycles. The van der Waals surface area contributed by atoms with Gasteiger partial charge in [0.2, 0.25) is 5.79 Å². The van der Waals surface area contributed by atoms with Gasteiger partial charge in [-0.1, -0.05) is 219 Å². The monoisotopic (exact) mass is 1090 g/mol. The van der Waals surface area contributed by atoms with Crippen molar-refractivity contribution in [3.8, 4) is 0 Å². The molecule has 0 N–H and O–H groups in total. The summed E-state index contributed by atoms with van der Waals surface area (Å²) in [5.74, 6) is -0.825. The van der Waals surface area contributed by atoms with Crippen LogP contribution in [0.1, 0.15) is 45.9 Å². The largest absolute Gasteiger partial charge is 0.385 e. The van der Waals surface area contributed by atoms with Crippen molar-refractivity contribution in [3.05, 3.63) is 251 Å². The van der Waals surface area contributed by atoms with Gasteiger partial charge in [-0.05, 0) is 57.8 Å². The van der Waals surface area contributed by atoms with Gasteiger partial charge in [0, 0.05) is 0 Å². The quantitative estimate of drug-likeness (QED) is 0.0401. The lowest BCUT2D eigenvalue weighted by atomic mass is 9.99. The van der Waals surface area contributed by atoms with Crippen LogP contribution >= 0.6 is 11.8 Å². The molecule has 7 aromatic rings. The molecule has 2 aliphatic rings. The lowest BCUT2D eigenvalue weighted by Gasteiger charge is -2.49. The van der Waals surface area contributed by atoms with Crippen molar-refractivity contribution in [2.45, 2.75) is 120 Å². The van der Waals surface area contributed by atoms with Gasteiger partial charge in [-0.25, -0.2) is 0 Å². The fourth-order valence-electron chi connectivity index (χ4n) is 9.88. The third kappa shape index (κ3) is 16.9. The van der Waals surface area contributed by atoms with Crippen LogP contribution in [-0.2, 0) is 97.7 Å². The van der Waals surface area contributed by atoms with Crippen LogP contribution in [0.4, 0.5) is 0 Å². The van der Waals surface area contributed by atoms with E-state index in [0.29, 0.717) is 39.6 Å². The standard InChI is InChI=1S/C65H74O11SSi/c1-4-77-64-62(61(71-45-55-36-22-10-23-37-55)59(69-43-53-32-18-8-19-33-53)57(73-64)47-66-40-50-26-12-5-13-27-50)75-78(2,3)76-65(49-68-42-52-30-16-7-17-31-52)63(72-46-56-38-24-11-25-39-56)60(70-44-54-34-20-9-21-35-54)58(74-65)48-67-41-51-28-14-6-15-29-51/h5-39,57-64H,4,40-49H2,1-3H3/t57-,58-,59-,60-,61+,62-,63+,64+,65+/m1/s1. The Balaban J connectivity index is 1.08. The Morgan fingerprint density at radius 1 is 0.410 bits per heavy atom. The summed E-state index contributed by atoms with van der Waals surface area (Å²) in [6.45, 7) is 8.88. The minimum atomic E-state index is -3.51. The van der Waals surface area contributed by atoms with Gasteiger partial charge in [-0.3, -0.25) is 0 Å². The van der Waals surface area contributed by atoms with E-state index >= 15 is 0 Å². The molecule has 2 heterocycles. The average molecular weight is 1090 g/mol. The SMILES string of the molecule is CCS[C@@H]1O[C@H](COCc2ccccc2)[C@@H](OCc2ccccc2)[C@H](OCc2ccccc2)[C@H]1O[Si](C)(C)O[C@]1(COCc2ccccc2)O[C@H](COCc2ccccc2)[C@@H](OCc2ccccc2)[C@@H]1OCc1ccccc1. The maximum atomic E-state index is 7.67. The Morgan fingerprint density at radius 2 is 0.769 bits per heavy atom. The van der Waals surface area contributed by atoms with E-state index < -0.39 is 62.5 Å². The van der Waals surface area contributed by atoms with Crippen molar-refractivity contribution in [1.29, 1.82) is 0 Å². The highest BCUT2D eigenvalue weighted by Crippen LogP contribution is 2.43. The van der Waals surface area contributed by atoms with Gasteiger partial charge in [0.05, 0.1) is 59.5 Å². The van der Waals surface area contributed by atoms with Gasteiger partial charge in [-0.15, -0.1) is 11.8 Å². The highest BCUT2D eigenvalue weighted by atomic mass is 32.2. The first-order chi connectivity index (χ1) is 38.3. The molecular weight excluding hydrogens is 1020 g/mol. The van der Waals surface area contributed by atoms with E-state index in [0.717, 1.165) is 44.7 Å². The fourth-order valence-corrected chi connectivity index (χ4v) is 12.9. The second kappa shape index (κ2) is 29.8. The summed E-state index contributed by atoms with van der Waals surface area (Å²) in [5, 5.41) is 0. The number of ether oxygens (including phenoxy) is 9. The van der Waals surface area contributed by atoms with E-state index in [-0.39, 0.29) is 26.4 Å². The third-order valence-electron chi connectivity index (χ3n) is 13.5. The lowest BCUT2D eigenvalue weighted by molar-refractivity contribution is -0.271. The summed E-state index contributed by atoms with van der Waals surface area (Å²) >= 11 is 1.66. The second-order valence-electron chi connectivity index (χ2n) is 20.0. The van der Waals surface area contributed by atoms with Gasteiger partial charge < -0.3 is 51.5 Å². The first-order valence-corrected chi connectivity index (χ1v) is 31.0. The molecule has 410 valence electrons. The number of rotatable bonds is 30. The predicted molar refractivity (Wildman–Crippen MR) is 306 cm³/mol. The Hall–Kier alpha value is -5.33. The highest BCUT2D eigenvalue weighted by Gasteiger charge is 2.61. The zero-order valence-corrected chi connectivity index (χ0v) is 46.8. The smallest absolute Gasteiger partial charge is 0.334 e. The molecule has 11 nitrogen and oxygen atoms in total. The van der Waals surface area contributed by atoms with Crippen LogP contribution in [0.5, 0.6) is 0 Å². The third-order valence-corrected chi connectivity index (χ3v) is 16.3. The maximum absolute atomic E-state index is 7.67. The average Bonchev–Trinajstić information content (AvgIpc) is 3.83. The van der Waals surface area contributed by atoms with Crippen LogP contribution in [0.15, 0.2) is 212 Å². The maximum Gasteiger partial charge on any atom is 0.334 e. The summed E-state index contributed by atoms with van der Waals surface area (Å²) in [6, 6.07) is 71.0. The predicted octanol–water partition coefficient (Wildman–Crippen LogP) is 12.7. The van der Waals surface area contributed by atoms with Crippen LogP contribution in [0, 0.1) is 0 Å². The topological polar surface area (TPSA) is 102 Å². The molecule has 0 aromatic heterocycles. The molecule has 0 saturated carbocycles. The van der Waals surface area contributed by atoms with E-state index in [4.69, 9.17) is 51.5 Å². The van der Waals surface area contributed by atoms with Crippen LogP contribution in [-0.4, -0.2) is 88.1 Å². The first kappa shape index (κ1) is 57.4. The molecule has 0 spiro atoms. The van der Waals surface area contributed by atoms with Crippen molar-refractivity contribution >= 4 is 20.3 Å². The van der Waals surface area contributed by atoms with Crippen molar-refractivity contribution in [2.75, 3.05) is 25.6 Å². The zero-order chi connectivity index (χ0) is 53.7. The molecule has 7 aromatic carbocycles. The Kier molecular flexibility index (Phi) is 21.9. The molecule has 2 saturated heterocycles. The molecule has 0 aliphatic carbocycles. The van der Waals surface area contributed by atoms with E-state index in [1.807, 2.05) is 177 Å². The number of hydrogen-bond acceptors (Lipinski definition) is 12. The number of benzene rings is 7. The van der Waals surface area contributed by atoms with Crippen LogP contribution in [0.2, 0.25) is 13.1 Å². The van der Waals surface area contributed by atoms with Gasteiger partial charge in [0.25, 0.3) is 0 Å². The van der Waals surface area contributed by atoms with Gasteiger partial charge in [-0.2, -0.15) is 0 Å². The van der Waals surface area contributed by atoms with Gasteiger partial charge in [0.15, 0.2) is 0 Å². The van der Waals surface area contributed by atoms with Crippen LogP contribution in [0.3, 0.4) is 0 Å². The normalized spacial score (nSPS) is 23.3. The molecule has 2 fully saturated rings. The summed E-state index contributed by atoms with van der Waals surface area (Å²) in [5.41, 5.74) is 6.63. The Morgan fingerprint density at radius 3 is 1.19 bits per heavy atom. The van der Waals surface area contributed by atoms with E-state index in [1.54, 1.807) is 11.8 Å². The minimum Gasteiger partial charge on any atom is -0.385 e. The van der Waals surface area contributed by atoms with E-state index in [1.165, 1.54) is 0 Å². The molecule has 78 heavy (non-hydrogen) atoms. The van der Waals surface area contributed by atoms with E-state index in [2.05, 4.69) is 55.5 Å². The van der Waals surface area contributed by atoms with Crippen molar-refractivity contribution in [2.24, 2.45) is 0 Å². The fraction of sp³-hybridized carbons (Fsp3) is 0.354. The summed E-state index contributed by atoms with van der Waals surface area (Å²) < 4.78 is 77.9. The zero-order valence-electron chi connectivity index (χ0n) is 45.0. The van der Waals surface area contributed by atoms with Crippen molar-refractivity contribution in [3.63, 3.8) is 0 Å². The molecule has 9 atom stereocenters. The van der Waals surface area contributed by atoms with Crippen LogP contribution < -0.4 is 0 Å². The van der Waals surface area contributed by atoms with Crippen LogP contribution in [0.25, 0.3) is 0 Å². The number of thioether (sulfide) groups is 1. The number of hydrogen-bond donors (Lipinski definition) is 0. The summed E-state index contributed by atoms with van der Waals surface area (Å²) in [4.78, 5) is 0. The molecule has 13 heteroatoms. The van der Waals surface area contributed by atoms with E-state index in [9.17, 15) is 0 Å². The second-order valence-corrected chi connectivity index (χ2v) is 24.6. The van der Waals surface area contributed by atoms with Gasteiger partial charge in [0.1, 0.15) is 54.8 Å². The molecule has 0 radical (unpaired) electrons.